The lowest BCUT2D eigenvalue weighted by Gasteiger charge is -2.35. The van der Waals surface area contributed by atoms with Crippen LogP contribution in [0.3, 0.4) is 0 Å². The van der Waals surface area contributed by atoms with Crippen LogP contribution >= 0.6 is 0 Å². The fraction of sp³-hybridized carbons (Fsp3) is 0.472. The molecular formula is C36H48N6O5. The molecule has 1 heterocycles. The van der Waals surface area contributed by atoms with Gasteiger partial charge in [-0.2, -0.15) is 0 Å². The fourth-order valence-electron chi connectivity index (χ4n) is 5.94. The van der Waals surface area contributed by atoms with E-state index in [0.717, 1.165) is 36.6 Å². The fourth-order valence-corrected chi connectivity index (χ4v) is 5.94. The average Bonchev–Trinajstić information content (AvgIpc) is 3.03. The molecule has 0 aliphatic heterocycles. The number of nitrogens with zero attached hydrogens (tertiary/aromatic N) is 2. The third-order valence-corrected chi connectivity index (χ3v) is 8.33. The van der Waals surface area contributed by atoms with Gasteiger partial charge in [-0.3, -0.25) is 14.4 Å². The normalized spacial score (nSPS) is 15.7. The summed E-state index contributed by atoms with van der Waals surface area (Å²) in [5, 5.41) is 21.0. The summed E-state index contributed by atoms with van der Waals surface area (Å²) in [6, 6.07) is 17.5. The van der Waals surface area contributed by atoms with Crippen molar-refractivity contribution in [1.82, 2.24) is 25.8 Å². The first-order valence-corrected chi connectivity index (χ1v) is 16.4. The van der Waals surface area contributed by atoms with Crippen molar-refractivity contribution < 1.29 is 24.3 Å². The highest BCUT2D eigenvalue weighted by molar-refractivity contribution is 5.99. The highest BCUT2D eigenvalue weighted by Gasteiger charge is 2.32. The summed E-state index contributed by atoms with van der Waals surface area (Å²) in [6.07, 6.45) is 4.04. The van der Waals surface area contributed by atoms with Gasteiger partial charge in [0.25, 0.3) is 5.91 Å². The molecule has 0 saturated heterocycles. The smallest absolute Gasteiger partial charge is 0.317 e. The Morgan fingerprint density at radius 2 is 1.62 bits per heavy atom. The van der Waals surface area contributed by atoms with E-state index in [1.54, 1.807) is 23.1 Å². The Morgan fingerprint density at radius 3 is 2.30 bits per heavy atom. The number of aliphatic hydroxyl groups excluding tert-OH is 1. The number of benzene rings is 2. The Kier molecular flexibility index (Phi) is 12.3. The van der Waals surface area contributed by atoms with Gasteiger partial charge in [-0.25, -0.2) is 9.78 Å². The molecule has 2 unspecified atom stereocenters. The molecule has 0 radical (unpaired) electrons. The first kappa shape index (κ1) is 35.3. The van der Waals surface area contributed by atoms with Crippen molar-refractivity contribution in [3.8, 4) is 0 Å². The number of hydrogen-bond acceptors (Lipinski definition) is 6. The van der Waals surface area contributed by atoms with E-state index in [-0.39, 0.29) is 24.7 Å². The second-order valence-corrected chi connectivity index (χ2v) is 13.5. The van der Waals surface area contributed by atoms with Gasteiger partial charge in [0.1, 0.15) is 11.7 Å². The number of carbonyl (C=O) groups excluding carboxylic acids is 4. The number of aromatic nitrogens is 1. The molecule has 11 heteroatoms. The molecule has 3 atom stereocenters. The van der Waals surface area contributed by atoms with Crippen molar-refractivity contribution in [2.24, 2.45) is 11.7 Å². The molecule has 11 nitrogen and oxygen atoms in total. The average molecular weight is 645 g/mol. The standard InChI is InChI=1S/C36H48N6O5/c1-36(2,3)41-35(47)42(22-25-14-8-5-9-15-25)23-31(43)29(20-24-12-6-4-7-13-24)39-34(46)30(21-32(37)44)40-33(45)28-19-18-26-16-10-11-17-27(26)38-28/h4,6-7,10-13,16-19,25,29-31,43H,5,8-9,14-15,20-23H2,1-3H3,(H2,37,44)(H,39,46)(H,40,45)(H,41,47)/t29-,30?,31?/m0/s1. The molecule has 47 heavy (non-hydrogen) atoms. The number of urea groups is 1. The number of hydrogen-bond donors (Lipinski definition) is 5. The zero-order chi connectivity index (χ0) is 34.0. The van der Waals surface area contributed by atoms with Crippen LogP contribution < -0.4 is 21.7 Å². The Labute approximate surface area is 276 Å². The summed E-state index contributed by atoms with van der Waals surface area (Å²) in [7, 11) is 0. The van der Waals surface area contributed by atoms with E-state index in [4.69, 9.17) is 5.73 Å². The van der Waals surface area contributed by atoms with Crippen molar-refractivity contribution in [1.29, 1.82) is 0 Å². The van der Waals surface area contributed by atoms with Crippen LogP contribution in [0.4, 0.5) is 4.79 Å². The van der Waals surface area contributed by atoms with Crippen molar-refractivity contribution in [3.05, 3.63) is 78.0 Å². The summed E-state index contributed by atoms with van der Waals surface area (Å²) < 4.78 is 0. The first-order valence-electron chi connectivity index (χ1n) is 16.4. The maximum atomic E-state index is 13.7. The second kappa shape index (κ2) is 16.4. The van der Waals surface area contributed by atoms with E-state index in [0.29, 0.717) is 18.0 Å². The number of nitrogens with two attached hydrogens (primary N) is 1. The molecule has 4 rings (SSSR count). The van der Waals surface area contributed by atoms with Gasteiger partial charge in [0, 0.05) is 17.5 Å². The van der Waals surface area contributed by atoms with Crippen LogP contribution in [-0.2, 0) is 16.0 Å². The first-order chi connectivity index (χ1) is 22.4. The molecule has 5 amide bonds. The highest BCUT2D eigenvalue weighted by atomic mass is 16.3. The third kappa shape index (κ3) is 11.1. The summed E-state index contributed by atoms with van der Waals surface area (Å²) in [5.74, 6) is -1.79. The molecule has 252 valence electrons. The summed E-state index contributed by atoms with van der Waals surface area (Å²) in [6.45, 7) is 6.17. The molecule has 6 N–H and O–H groups in total. The highest BCUT2D eigenvalue weighted by Crippen LogP contribution is 2.25. The molecule has 1 saturated carbocycles. The van der Waals surface area contributed by atoms with Crippen LogP contribution in [0.5, 0.6) is 0 Å². The molecule has 0 spiro atoms. The Bertz CT molecular complexity index is 1520. The van der Waals surface area contributed by atoms with E-state index < -0.39 is 47.9 Å². The minimum atomic E-state index is -1.32. The molecule has 1 aromatic heterocycles. The van der Waals surface area contributed by atoms with E-state index in [1.807, 2.05) is 69.3 Å². The van der Waals surface area contributed by atoms with Crippen molar-refractivity contribution in [2.45, 2.75) is 89.4 Å². The lowest BCUT2D eigenvalue weighted by atomic mass is 9.89. The number of pyridine rings is 1. The van der Waals surface area contributed by atoms with Crippen molar-refractivity contribution in [2.75, 3.05) is 13.1 Å². The van der Waals surface area contributed by atoms with Gasteiger partial charge in [0.2, 0.25) is 11.8 Å². The Balaban J connectivity index is 1.54. The maximum Gasteiger partial charge on any atom is 0.317 e. The molecule has 3 aromatic rings. The van der Waals surface area contributed by atoms with Crippen LogP contribution in [0.1, 0.15) is 75.3 Å². The van der Waals surface area contributed by atoms with Gasteiger partial charge >= 0.3 is 6.03 Å². The number of fused-ring (bicyclic) bond motifs is 1. The molecule has 1 aliphatic carbocycles. The summed E-state index contributed by atoms with van der Waals surface area (Å²) in [5.41, 5.74) is 6.54. The lowest BCUT2D eigenvalue weighted by molar-refractivity contribution is -0.128. The molecular weight excluding hydrogens is 596 g/mol. The van der Waals surface area contributed by atoms with Crippen molar-refractivity contribution >= 4 is 34.7 Å². The second-order valence-electron chi connectivity index (χ2n) is 13.5. The molecule has 0 bridgehead atoms. The molecule has 1 fully saturated rings. The van der Waals surface area contributed by atoms with Crippen LogP contribution in [0.25, 0.3) is 10.9 Å². The topological polar surface area (TPSA) is 167 Å². The minimum absolute atomic E-state index is 0.0238. The van der Waals surface area contributed by atoms with E-state index in [9.17, 15) is 24.3 Å². The number of aliphatic hydroxyl groups is 1. The predicted octanol–water partition coefficient (Wildman–Crippen LogP) is 3.69. The van der Waals surface area contributed by atoms with Crippen LogP contribution in [0, 0.1) is 5.92 Å². The minimum Gasteiger partial charge on any atom is -0.389 e. The van der Waals surface area contributed by atoms with E-state index in [2.05, 4.69) is 20.9 Å². The number of primary amides is 1. The molecule has 2 aromatic carbocycles. The molecule has 1 aliphatic rings. The van der Waals surface area contributed by atoms with E-state index in [1.165, 1.54) is 6.42 Å². The SMILES string of the molecule is CC(C)(C)NC(=O)N(CC1CCCCC1)CC(O)[C@H](Cc1ccccc1)NC(=O)C(CC(N)=O)NC(=O)c1ccc2ccccc2n1. The number of carbonyl (C=O) groups is 4. The van der Waals surface area contributed by atoms with Crippen LogP contribution in [0.2, 0.25) is 0 Å². The number of nitrogens with one attached hydrogen (secondary N) is 3. The Morgan fingerprint density at radius 1 is 0.936 bits per heavy atom. The number of rotatable bonds is 13. The summed E-state index contributed by atoms with van der Waals surface area (Å²) in [4.78, 5) is 58.4. The predicted molar refractivity (Wildman–Crippen MR) is 181 cm³/mol. The van der Waals surface area contributed by atoms with Gasteiger partial charge < -0.3 is 31.7 Å². The summed E-state index contributed by atoms with van der Waals surface area (Å²) >= 11 is 0. The van der Waals surface area contributed by atoms with Crippen LogP contribution in [-0.4, -0.2) is 75.6 Å². The maximum absolute atomic E-state index is 13.7. The number of para-hydroxylation sites is 1. The van der Waals surface area contributed by atoms with E-state index >= 15 is 0 Å². The monoisotopic (exact) mass is 644 g/mol. The zero-order valence-corrected chi connectivity index (χ0v) is 27.6. The van der Waals surface area contributed by atoms with Gasteiger partial charge in [-0.15, -0.1) is 0 Å². The quantitative estimate of drug-likeness (QED) is 0.190. The van der Waals surface area contributed by atoms with Gasteiger partial charge in [0.15, 0.2) is 0 Å². The van der Waals surface area contributed by atoms with Gasteiger partial charge in [0.05, 0.1) is 30.6 Å². The Hall–Kier alpha value is -4.51. The largest absolute Gasteiger partial charge is 0.389 e. The van der Waals surface area contributed by atoms with Crippen molar-refractivity contribution in [3.63, 3.8) is 0 Å². The third-order valence-electron chi connectivity index (χ3n) is 8.33. The van der Waals surface area contributed by atoms with Crippen LogP contribution in [0.15, 0.2) is 66.7 Å². The lowest BCUT2D eigenvalue weighted by Crippen LogP contribution is -2.58. The van der Waals surface area contributed by atoms with Gasteiger partial charge in [-0.05, 0) is 63.6 Å². The zero-order valence-electron chi connectivity index (χ0n) is 27.6. The van der Waals surface area contributed by atoms with Gasteiger partial charge in [-0.1, -0.05) is 73.9 Å². The number of amides is 5.